The Kier molecular flexibility index (Phi) is 4.57. The topological polar surface area (TPSA) is 59.2 Å². The molecule has 0 atom stereocenters. The van der Waals surface area contributed by atoms with Crippen LogP contribution in [0.3, 0.4) is 0 Å². The van der Waals surface area contributed by atoms with Gasteiger partial charge >= 0.3 is 5.97 Å². The second-order valence-corrected chi connectivity index (χ2v) is 5.40. The summed E-state index contributed by atoms with van der Waals surface area (Å²) in [7, 11) is 1.27. The first-order valence-electron chi connectivity index (χ1n) is 7.63. The van der Waals surface area contributed by atoms with Gasteiger partial charge in [-0.1, -0.05) is 54.6 Å². The molecule has 2 aromatic carbocycles. The number of hydrogen-bond donors (Lipinski definition) is 1. The molecule has 0 amide bonds. The molecule has 0 bridgehead atoms. The zero-order valence-corrected chi connectivity index (χ0v) is 13.3. The molecule has 1 aromatic heterocycles. The molecular weight excluding hydrogens is 302 g/mol. The van der Waals surface area contributed by atoms with Crippen LogP contribution in [0.4, 0.5) is 0 Å². The van der Waals surface area contributed by atoms with Gasteiger partial charge in [0.25, 0.3) is 5.56 Å². The quantitative estimate of drug-likeness (QED) is 0.750. The largest absolute Gasteiger partial charge is 0.465 e. The van der Waals surface area contributed by atoms with Crippen LogP contribution in [0.15, 0.2) is 71.7 Å². The minimum atomic E-state index is -0.621. The van der Waals surface area contributed by atoms with E-state index in [1.54, 1.807) is 12.3 Å². The zero-order chi connectivity index (χ0) is 16.9. The number of aromatic nitrogens is 1. The molecule has 0 aliphatic carbocycles. The van der Waals surface area contributed by atoms with Gasteiger partial charge in [0.15, 0.2) is 0 Å². The van der Waals surface area contributed by atoms with Crippen LogP contribution in [-0.4, -0.2) is 18.1 Å². The van der Waals surface area contributed by atoms with E-state index in [1.807, 2.05) is 54.6 Å². The number of hydrogen-bond acceptors (Lipinski definition) is 3. The molecule has 4 nitrogen and oxygen atoms in total. The Hall–Kier alpha value is -3.14. The van der Waals surface area contributed by atoms with Gasteiger partial charge in [-0.05, 0) is 34.7 Å². The molecule has 0 radical (unpaired) electrons. The minimum absolute atomic E-state index is 0.0582. The fraction of sp³-hybridized carbons (Fsp3) is 0.100. The van der Waals surface area contributed by atoms with Gasteiger partial charge in [0.05, 0.1) is 7.11 Å². The summed E-state index contributed by atoms with van der Waals surface area (Å²) in [5.74, 6) is -0.621. The summed E-state index contributed by atoms with van der Waals surface area (Å²) in [4.78, 5) is 26.5. The predicted octanol–water partition coefficient (Wildman–Crippen LogP) is 3.42. The molecule has 3 rings (SSSR count). The number of esters is 1. The number of benzene rings is 2. The number of rotatable bonds is 4. The number of H-pyrrole nitrogens is 1. The second kappa shape index (κ2) is 6.96. The standard InChI is InChI=1S/C20H17NO3/c1-24-20(23)18-16(11-12-21-19(18)22)13-15-9-5-6-10-17(15)14-7-3-2-4-8-14/h2-12H,13H2,1H3,(H,21,22). The average Bonchev–Trinajstić information content (AvgIpc) is 2.62. The molecule has 1 heterocycles. The number of carbonyl (C=O) groups excluding carboxylic acids is 1. The smallest absolute Gasteiger partial charge is 0.343 e. The maximum atomic E-state index is 12.0. The van der Waals surface area contributed by atoms with Crippen molar-refractivity contribution in [2.45, 2.75) is 6.42 Å². The summed E-state index contributed by atoms with van der Waals surface area (Å²) in [5.41, 5.74) is 3.49. The van der Waals surface area contributed by atoms with E-state index in [0.29, 0.717) is 12.0 Å². The predicted molar refractivity (Wildman–Crippen MR) is 93.1 cm³/mol. The van der Waals surface area contributed by atoms with Crippen molar-refractivity contribution in [2.75, 3.05) is 7.11 Å². The monoisotopic (exact) mass is 319 g/mol. The Morgan fingerprint density at radius 3 is 2.42 bits per heavy atom. The summed E-state index contributed by atoms with van der Waals surface area (Å²) >= 11 is 0. The van der Waals surface area contributed by atoms with E-state index in [0.717, 1.165) is 16.7 Å². The van der Waals surface area contributed by atoms with Gasteiger partial charge < -0.3 is 9.72 Å². The molecule has 120 valence electrons. The van der Waals surface area contributed by atoms with Crippen LogP contribution in [-0.2, 0) is 11.2 Å². The van der Waals surface area contributed by atoms with Crippen molar-refractivity contribution < 1.29 is 9.53 Å². The van der Waals surface area contributed by atoms with E-state index in [1.165, 1.54) is 7.11 Å². The van der Waals surface area contributed by atoms with Gasteiger partial charge in [-0.15, -0.1) is 0 Å². The Morgan fingerprint density at radius 1 is 0.958 bits per heavy atom. The number of pyridine rings is 1. The normalized spacial score (nSPS) is 10.4. The molecular formula is C20H17NO3. The second-order valence-electron chi connectivity index (χ2n) is 5.40. The SMILES string of the molecule is COC(=O)c1c(Cc2ccccc2-c2ccccc2)cc[nH]c1=O. The molecule has 0 fully saturated rings. The molecule has 3 aromatic rings. The summed E-state index contributed by atoms with van der Waals surface area (Å²) in [6, 6.07) is 19.7. The third kappa shape index (κ3) is 3.13. The van der Waals surface area contributed by atoms with Crippen LogP contribution in [0.1, 0.15) is 21.5 Å². The van der Waals surface area contributed by atoms with Crippen LogP contribution in [0.25, 0.3) is 11.1 Å². The highest BCUT2D eigenvalue weighted by Crippen LogP contribution is 2.26. The third-order valence-electron chi connectivity index (χ3n) is 3.92. The minimum Gasteiger partial charge on any atom is -0.465 e. The number of carbonyl (C=O) groups is 1. The highest BCUT2D eigenvalue weighted by atomic mass is 16.5. The summed E-state index contributed by atoms with van der Waals surface area (Å²) in [5, 5.41) is 0. The van der Waals surface area contributed by atoms with E-state index in [9.17, 15) is 9.59 Å². The molecule has 0 spiro atoms. The Morgan fingerprint density at radius 2 is 1.67 bits per heavy atom. The first-order valence-corrected chi connectivity index (χ1v) is 7.63. The van der Waals surface area contributed by atoms with Crippen molar-refractivity contribution in [3.8, 4) is 11.1 Å². The maximum absolute atomic E-state index is 12.0. The Labute approximate surface area is 139 Å². The molecule has 0 unspecified atom stereocenters. The van der Waals surface area contributed by atoms with Gasteiger partial charge in [-0.3, -0.25) is 4.79 Å². The van der Waals surface area contributed by atoms with E-state index < -0.39 is 11.5 Å². The van der Waals surface area contributed by atoms with E-state index in [2.05, 4.69) is 4.98 Å². The van der Waals surface area contributed by atoms with E-state index in [4.69, 9.17) is 4.74 Å². The van der Waals surface area contributed by atoms with Gasteiger partial charge in [0, 0.05) is 6.20 Å². The van der Waals surface area contributed by atoms with Crippen molar-refractivity contribution in [2.24, 2.45) is 0 Å². The van der Waals surface area contributed by atoms with Gasteiger partial charge in [0.1, 0.15) is 5.56 Å². The zero-order valence-electron chi connectivity index (χ0n) is 13.3. The lowest BCUT2D eigenvalue weighted by Crippen LogP contribution is -2.21. The highest BCUT2D eigenvalue weighted by molar-refractivity contribution is 5.90. The van der Waals surface area contributed by atoms with Crippen LogP contribution < -0.4 is 5.56 Å². The first-order chi connectivity index (χ1) is 11.7. The Bertz CT molecular complexity index is 913. The number of nitrogens with one attached hydrogen (secondary N) is 1. The average molecular weight is 319 g/mol. The van der Waals surface area contributed by atoms with Crippen molar-refractivity contribution in [3.63, 3.8) is 0 Å². The summed E-state index contributed by atoms with van der Waals surface area (Å²) in [6.45, 7) is 0. The van der Waals surface area contributed by atoms with Crippen LogP contribution >= 0.6 is 0 Å². The molecule has 0 saturated carbocycles. The van der Waals surface area contributed by atoms with Gasteiger partial charge in [0.2, 0.25) is 0 Å². The lowest BCUT2D eigenvalue weighted by Gasteiger charge is -2.12. The maximum Gasteiger partial charge on any atom is 0.343 e. The van der Waals surface area contributed by atoms with Crippen molar-refractivity contribution in [3.05, 3.63) is 93.9 Å². The third-order valence-corrected chi connectivity index (χ3v) is 3.92. The highest BCUT2D eigenvalue weighted by Gasteiger charge is 2.17. The summed E-state index contributed by atoms with van der Waals surface area (Å²) in [6.07, 6.45) is 2.02. The Balaban J connectivity index is 2.07. The lowest BCUT2D eigenvalue weighted by molar-refractivity contribution is 0.0597. The first kappa shape index (κ1) is 15.7. The van der Waals surface area contributed by atoms with Crippen LogP contribution in [0.5, 0.6) is 0 Å². The number of methoxy groups -OCH3 is 1. The number of ether oxygens (including phenoxy) is 1. The van der Waals surface area contributed by atoms with Crippen molar-refractivity contribution in [1.82, 2.24) is 4.98 Å². The molecule has 1 N–H and O–H groups in total. The fourth-order valence-corrected chi connectivity index (χ4v) is 2.77. The molecule has 0 aliphatic heterocycles. The molecule has 0 saturated heterocycles. The van der Waals surface area contributed by atoms with Gasteiger partial charge in [-0.25, -0.2) is 4.79 Å². The molecule has 24 heavy (non-hydrogen) atoms. The lowest BCUT2D eigenvalue weighted by atomic mass is 9.94. The van der Waals surface area contributed by atoms with Gasteiger partial charge in [-0.2, -0.15) is 0 Å². The molecule has 0 aliphatic rings. The van der Waals surface area contributed by atoms with E-state index >= 15 is 0 Å². The van der Waals surface area contributed by atoms with Crippen molar-refractivity contribution >= 4 is 5.97 Å². The summed E-state index contributed by atoms with van der Waals surface area (Å²) < 4.78 is 4.75. The number of aromatic amines is 1. The fourth-order valence-electron chi connectivity index (χ4n) is 2.77. The van der Waals surface area contributed by atoms with Crippen molar-refractivity contribution in [1.29, 1.82) is 0 Å². The van der Waals surface area contributed by atoms with Crippen LogP contribution in [0, 0.1) is 0 Å². The van der Waals surface area contributed by atoms with Crippen LogP contribution in [0.2, 0.25) is 0 Å². The molecule has 4 heteroatoms. The van der Waals surface area contributed by atoms with E-state index in [-0.39, 0.29) is 5.56 Å².